The quantitative estimate of drug-likeness (QED) is 0.737. The summed E-state index contributed by atoms with van der Waals surface area (Å²) in [5, 5.41) is 17.1. The molecule has 1 amide bonds. The number of amides is 1. The third kappa shape index (κ3) is 3.12. The van der Waals surface area contributed by atoms with Crippen molar-refractivity contribution in [2.24, 2.45) is 5.92 Å². The fourth-order valence-electron chi connectivity index (χ4n) is 2.80. The van der Waals surface area contributed by atoms with Gasteiger partial charge in [-0.05, 0) is 29.0 Å². The maximum Gasteiger partial charge on any atom is 0.251 e. The van der Waals surface area contributed by atoms with E-state index in [0.29, 0.717) is 17.5 Å². The molecule has 2 atom stereocenters. The monoisotopic (exact) mass is 296 g/mol. The molecule has 0 saturated carbocycles. The van der Waals surface area contributed by atoms with Crippen LogP contribution in [0.2, 0.25) is 0 Å². The average molecular weight is 296 g/mol. The number of aliphatic hydroxyl groups excluding tert-OH is 1. The molecular formula is C18H20N2O2. The molecule has 2 aliphatic rings. The van der Waals surface area contributed by atoms with Crippen LogP contribution in [0.25, 0.3) is 12.3 Å². The Morgan fingerprint density at radius 1 is 1.27 bits per heavy atom. The minimum absolute atomic E-state index is 0.0522. The molecule has 4 heteroatoms. The van der Waals surface area contributed by atoms with Crippen LogP contribution in [0.5, 0.6) is 0 Å². The standard InChI is InChI=1S/C18H20N2O2/c21-10-9-19-18(22)15-7-8-16-12-20-17-4-2-1-3-13(17)5-6-14(16)11-15/h1-4,6-8,11-13,17,20-21H,5,9-10H2,(H,19,22). The zero-order valence-corrected chi connectivity index (χ0v) is 12.3. The summed E-state index contributed by atoms with van der Waals surface area (Å²) in [4.78, 5) is 12.0. The lowest BCUT2D eigenvalue weighted by Crippen LogP contribution is -2.38. The number of hydrogen-bond donors (Lipinski definition) is 3. The lowest BCUT2D eigenvalue weighted by Gasteiger charge is -2.24. The van der Waals surface area contributed by atoms with Gasteiger partial charge in [0.15, 0.2) is 0 Å². The second kappa shape index (κ2) is 6.62. The summed E-state index contributed by atoms with van der Waals surface area (Å²) < 4.78 is 0. The Morgan fingerprint density at radius 2 is 2.14 bits per heavy atom. The van der Waals surface area contributed by atoms with Gasteiger partial charge >= 0.3 is 0 Å². The van der Waals surface area contributed by atoms with Crippen LogP contribution in [0.1, 0.15) is 16.8 Å². The molecule has 114 valence electrons. The van der Waals surface area contributed by atoms with Crippen LogP contribution in [0.15, 0.2) is 42.5 Å². The van der Waals surface area contributed by atoms with Gasteiger partial charge in [0.25, 0.3) is 5.91 Å². The summed E-state index contributed by atoms with van der Waals surface area (Å²) in [6, 6.07) is 5.99. The van der Waals surface area contributed by atoms with Crippen molar-refractivity contribution < 1.29 is 9.90 Å². The third-order valence-electron chi connectivity index (χ3n) is 4.04. The summed E-state index contributed by atoms with van der Waals surface area (Å²) >= 11 is 0. The Labute approximate surface area is 129 Å². The van der Waals surface area contributed by atoms with Gasteiger partial charge in [0.2, 0.25) is 0 Å². The molecule has 0 saturated heterocycles. The van der Waals surface area contributed by atoms with Gasteiger partial charge in [0.1, 0.15) is 0 Å². The molecule has 1 aliphatic carbocycles. The number of aliphatic hydroxyl groups is 1. The van der Waals surface area contributed by atoms with E-state index >= 15 is 0 Å². The lowest BCUT2D eigenvalue weighted by molar-refractivity contribution is 0.0944. The maximum absolute atomic E-state index is 12.0. The molecule has 4 nitrogen and oxygen atoms in total. The highest BCUT2D eigenvalue weighted by atomic mass is 16.3. The van der Waals surface area contributed by atoms with Crippen LogP contribution in [0.4, 0.5) is 0 Å². The number of allylic oxidation sites excluding steroid dienone is 2. The van der Waals surface area contributed by atoms with E-state index in [2.05, 4.69) is 41.0 Å². The summed E-state index contributed by atoms with van der Waals surface area (Å²) in [6.45, 7) is 0.220. The maximum atomic E-state index is 12.0. The van der Waals surface area contributed by atoms with Crippen molar-refractivity contribution in [2.45, 2.75) is 12.5 Å². The Morgan fingerprint density at radius 3 is 3.00 bits per heavy atom. The number of carbonyl (C=O) groups excluding carboxylic acids is 1. The van der Waals surface area contributed by atoms with E-state index in [0.717, 1.165) is 16.9 Å². The summed E-state index contributed by atoms with van der Waals surface area (Å²) in [5.74, 6) is 0.278. The van der Waals surface area contributed by atoms with Crippen LogP contribution in [-0.2, 0) is 0 Å². The van der Waals surface area contributed by atoms with E-state index in [1.165, 1.54) is 0 Å². The van der Waals surface area contributed by atoms with Crippen LogP contribution < -0.4 is 21.1 Å². The molecule has 1 aliphatic heterocycles. The van der Waals surface area contributed by atoms with Crippen molar-refractivity contribution in [1.29, 1.82) is 0 Å². The molecule has 22 heavy (non-hydrogen) atoms. The highest BCUT2D eigenvalue weighted by molar-refractivity contribution is 5.94. The van der Waals surface area contributed by atoms with Crippen LogP contribution in [-0.4, -0.2) is 30.2 Å². The summed E-state index contributed by atoms with van der Waals surface area (Å²) in [5.41, 5.74) is 0.619. The Kier molecular flexibility index (Phi) is 4.39. The molecule has 1 aromatic carbocycles. The van der Waals surface area contributed by atoms with E-state index in [4.69, 9.17) is 5.11 Å². The van der Waals surface area contributed by atoms with E-state index in [1.807, 2.05) is 24.4 Å². The lowest BCUT2D eigenvalue weighted by atomic mass is 9.90. The van der Waals surface area contributed by atoms with Crippen molar-refractivity contribution in [2.75, 3.05) is 13.2 Å². The minimum Gasteiger partial charge on any atom is -0.395 e. The van der Waals surface area contributed by atoms with Gasteiger partial charge in [-0.25, -0.2) is 0 Å². The molecule has 3 N–H and O–H groups in total. The molecule has 1 aromatic rings. The molecule has 1 heterocycles. The van der Waals surface area contributed by atoms with E-state index < -0.39 is 0 Å². The van der Waals surface area contributed by atoms with Crippen molar-refractivity contribution in [3.8, 4) is 0 Å². The summed E-state index contributed by atoms with van der Waals surface area (Å²) in [7, 11) is 0. The van der Waals surface area contributed by atoms with Gasteiger partial charge < -0.3 is 15.7 Å². The van der Waals surface area contributed by atoms with Crippen molar-refractivity contribution in [3.05, 3.63) is 58.5 Å². The van der Waals surface area contributed by atoms with Gasteiger partial charge in [-0.15, -0.1) is 0 Å². The largest absolute Gasteiger partial charge is 0.395 e. The Hall–Kier alpha value is -2.33. The predicted octanol–water partition coefficient (Wildman–Crippen LogP) is 0.0313. The zero-order valence-electron chi connectivity index (χ0n) is 12.3. The van der Waals surface area contributed by atoms with E-state index in [9.17, 15) is 4.79 Å². The molecule has 3 rings (SSSR count). The molecule has 0 aromatic heterocycles. The molecular weight excluding hydrogens is 276 g/mol. The van der Waals surface area contributed by atoms with Crippen LogP contribution >= 0.6 is 0 Å². The van der Waals surface area contributed by atoms with Gasteiger partial charge in [-0.2, -0.15) is 0 Å². The highest BCUT2D eigenvalue weighted by Crippen LogP contribution is 2.17. The number of fused-ring (bicyclic) bond motifs is 2. The van der Waals surface area contributed by atoms with Crippen LogP contribution in [0, 0.1) is 5.92 Å². The fourth-order valence-corrected chi connectivity index (χ4v) is 2.80. The predicted molar refractivity (Wildman–Crippen MR) is 87.4 cm³/mol. The number of carbonyl (C=O) groups is 1. The van der Waals surface area contributed by atoms with Crippen molar-refractivity contribution >= 4 is 18.2 Å². The first-order valence-electron chi connectivity index (χ1n) is 7.58. The van der Waals surface area contributed by atoms with Gasteiger partial charge in [-0.3, -0.25) is 4.79 Å². The second-order valence-electron chi connectivity index (χ2n) is 5.53. The van der Waals surface area contributed by atoms with Crippen LogP contribution in [0.3, 0.4) is 0 Å². The fraction of sp³-hybridized carbons (Fsp3) is 0.278. The van der Waals surface area contributed by atoms with E-state index in [1.54, 1.807) is 0 Å². The number of benzene rings is 1. The van der Waals surface area contributed by atoms with Gasteiger partial charge in [0.05, 0.1) is 12.6 Å². The molecule has 0 bridgehead atoms. The molecule has 0 radical (unpaired) electrons. The van der Waals surface area contributed by atoms with Gasteiger partial charge in [-0.1, -0.05) is 36.4 Å². The van der Waals surface area contributed by atoms with E-state index in [-0.39, 0.29) is 19.1 Å². The molecule has 0 spiro atoms. The number of rotatable bonds is 3. The topological polar surface area (TPSA) is 61.4 Å². The molecule has 2 unspecified atom stereocenters. The van der Waals surface area contributed by atoms with Gasteiger partial charge in [0, 0.05) is 24.2 Å². The SMILES string of the molecule is O=C(NCCO)c1ccc2c(c1)=CCC1C=CC=CC1NC=2. The number of hydrogen-bond acceptors (Lipinski definition) is 3. The minimum atomic E-state index is -0.154. The van der Waals surface area contributed by atoms with Crippen molar-refractivity contribution in [3.63, 3.8) is 0 Å². The highest BCUT2D eigenvalue weighted by Gasteiger charge is 2.17. The Bertz CT molecular complexity index is 734. The first-order valence-corrected chi connectivity index (χ1v) is 7.58. The first kappa shape index (κ1) is 14.6. The average Bonchev–Trinajstić information content (AvgIpc) is 2.54. The first-order chi connectivity index (χ1) is 10.8. The molecule has 0 fully saturated rings. The number of nitrogens with one attached hydrogen (secondary N) is 2. The normalized spacial score (nSPS) is 22.0. The summed E-state index contributed by atoms with van der Waals surface area (Å²) in [6.07, 6.45) is 13.7. The smallest absolute Gasteiger partial charge is 0.251 e. The second-order valence-corrected chi connectivity index (χ2v) is 5.53. The third-order valence-corrected chi connectivity index (χ3v) is 4.04. The Balaban J connectivity index is 1.91. The zero-order chi connectivity index (χ0) is 15.4. The van der Waals surface area contributed by atoms with Crippen molar-refractivity contribution in [1.82, 2.24) is 10.6 Å².